The van der Waals surface area contributed by atoms with Crippen molar-refractivity contribution in [2.45, 2.75) is 6.54 Å². The van der Waals surface area contributed by atoms with E-state index in [-0.39, 0.29) is 0 Å². The molecule has 0 aliphatic carbocycles. The van der Waals surface area contributed by atoms with Crippen LogP contribution in [0.1, 0.15) is 0 Å². The first-order valence-electron chi connectivity index (χ1n) is 4.77. The molecule has 2 aromatic rings. The standard InChI is InChI=1S/C11H12ClN3/c12-10-3-1-9(2-4-10)11-7-15(6-5-13)8-14-11/h1-4,7-8H,5-6,13H2. The summed E-state index contributed by atoms with van der Waals surface area (Å²) >= 11 is 5.81. The summed E-state index contributed by atoms with van der Waals surface area (Å²) in [5.74, 6) is 0. The van der Waals surface area contributed by atoms with Gasteiger partial charge in [0.25, 0.3) is 0 Å². The van der Waals surface area contributed by atoms with Crippen LogP contribution in [0.3, 0.4) is 0 Å². The molecule has 1 aromatic carbocycles. The molecule has 0 spiro atoms. The van der Waals surface area contributed by atoms with Gasteiger partial charge in [0.05, 0.1) is 12.0 Å². The van der Waals surface area contributed by atoms with E-state index in [4.69, 9.17) is 17.3 Å². The summed E-state index contributed by atoms with van der Waals surface area (Å²) < 4.78 is 1.98. The van der Waals surface area contributed by atoms with Crippen LogP contribution in [0.2, 0.25) is 5.02 Å². The lowest BCUT2D eigenvalue weighted by atomic mass is 10.2. The Morgan fingerprint density at radius 2 is 2.00 bits per heavy atom. The molecular weight excluding hydrogens is 210 g/mol. The summed E-state index contributed by atoms with van der Waals surface area (Å²) in [4.78, 5) is 4.30. The molecule has 0 radical (unpaired) electrons. The van der Waals surface area contributed by atoms with Gasteiger partial charge in [-0.1, -0.05) is 23.7 Å². The molecule has 4 heteroatoms. The molecule has 1 heterocycles. The van der Waals surface area contributed by atoms with Crippen molar-refractivity contribution in [3.05, 3.63) is 41.8 Å². The number of imidazole rings is 1. The molecule has 15 heavy (non-hydrogen) atoms. The Morgan fingerprint density at radius 1 is 1.27 bits per heavy atom. The highest BCUT2D eigenvalue weighted by Gasteiger charge is 2.01. The smallest absolute Gasteiger partial charge is 0.0954 e. The molecule has 2 rings (SSSR count). The highest BCUT2D eigenvalue weighted by Crippen LogP contribution is 2.19. The molecule has 3 nitrogen and oxygen atoms in total. The van der Waals surface area contributed by atoms with Crippen LogP contribution in [0.25, 0.3) is 11.3 Å². The van der Waals surface area contributed by atoms with Gasteiger partial charge in [-0.25, -0.2) is 4.98 Å². The van der Waals surface area contributed by atoms with Crippen molar-refractivity contribution in [2.75, 3.05) is 6.54 Å². The van der Waals surface area contributed by atoms with Crippen molar-refractivity contribution >= 4 is 11.6 Å². The summed E-state index contributed by atoms with van der Waals surface area (Å²) in [6, 6.07) is 7.63. The molecule has 0 unspecified atom stereocenters. The fourth-order valence-corrected chi connectivity index (χ4v) is 1.53. The van der Waals surface area contributed by atoms with Crippen LogP contribution < -0.4 is 5.73 Å². The number of rotatable bonds is 3. The average molecular weight is 222 g/mol. The molecule has 0 aliphatic rings. The second-order valence-corrected chi connectivity index (χ2v) is 3.73. The molecule has 0 fully saturated rings. The monoisotopic (exact) mass is 221 g/mol. The summed E-state index contributed by atoms with van der Waals surface area (Å²) in [5, 5.41) is 0.736. The van der Waals surface area contributed by atoms with Crippen molar-refractivity contribution < 1.29 is 0 Å². The van der Waals surface area contributed by atoms with E-state index in [0.29, 0.717) is 6.54 Å². The van der Waals surface area contributed by atoms with Gasteiger partial charge in [-0.3, -0.25) is 0 Å². The van der Waals surface area contributed by atoms with Crippen LogP contribution in [0.15, 0.2) is 36.8 Å². The molecule has 0 atom stereocenters. The topological polar surface area (TPSA) is 43.8 Å². The van der Waals surface area contributed by atoms with Gasteiger partial charge in [0.15, 0.2) is 0 Å². The fourth-order valence-electron chi connectivity index (χ4n) is 1.40. The number of benzene rings is 1. The summed E-state index contributed by atoms with van der Waals surface area (Å²) in [7, 11) is 0. The Morgan fingerprint density at radius 3 is 2.67 bits per heavy atom. The molecule has 0 saturated heterocycles. The molecule has 0 bridgehead atoms. The van der Waals surface area contributed by atoms with Gasteiger partial charge in [-0.2, -0.15) is 0 Å². The molecule has 2 N–H and O–H groups in total. The molecular formula is C11H12ClN3. The number of hydrogen-bond acceptors (Lipinski definition) is 2. The van der Waals surface area contributed by atoms with E-state index in [1.54, 1.807) is 6.33 Å². The first-order valence-corrected chi connectivity index (χ1v) is 5.15. The van der Waals surface area contributed by atoms with Crippen LogP contribution >= 0.6 is 11.6 Å². The average Bonchev–Trinajstić information content (AvgIpc) is 2.68. The van der Waals surface area contributed by atoms with Gasteiger partial charge in [-0.05, 0) is 12.1 Å². The van der Waals surface area contributed by atoms with Crippen molar-refractivity contribution in [3.8, 4) is 11.3 Å². The minimum absolute atomic E-state index is 0.621. The lowest BCUT2D eigenvalue weighted by Gasteiger charge is -1.97. The minimum Gasteiger partial charge on any atom is -0.336 e. The fraction of sp³-hybridized carbons (Fsp3) is 0.182. The van der Waals surface area contributed by atoms with Gasteiger partial charge >= 0.3 is 0 Å². The van der Waals surface area contributed by atoms with E-state index in [2.05, 4.69) is 4.98 Å². The van der Waals surface area contributed by atoms with E-state index in [1.807, 2.05) is 35.0 Å². The van der Waals surface area contributed by atoms with Crippen LogP contribution in [-0.2, 0) is 6.54 Å². The lowest BCUT2D eigenvalue weighted by molar-refractivity contribution is 0.708. The van der Waals surface area contributed by atoms with Gasteiger partial charge in [0.2, 0.25) is 0 Å². The van der Waals surface area contributed by atoms with Crippen LogP contribution in [0.4, 0.5) is 0 Å². The highest BCUT2D eigenvalue weighted by atomic mass is 35.5. The first-order chi connectivity index (χ1) is 7.29. The Bertz CT molecular complexity index is 433. The molecule has 78 valence electrons. The maximum atomic E-state index is 5.81. The second-order valence-electron chi connectivity index (χ2n) is 3.29. The van der Waals surface area contributed by atoms with E-state index < -0.39 is 0 Å². The predicted molar refractivity (Wildman–Crippen MR) is 61.7 cm³/mol. The highest BCUT2D eigenvalue weighted by molar-refractivity contribution is 6.30. The van der Waals surface area contributed by atoms with Gasteiger partial charge in [0, 0.05) is 29.9 Å². The van der Waals surface area contributed by atoms with Crippen molar-refractivity contribution in [1.82, 2.24) is 9.55 Å². The quantitative estimate of drug-likeness (QED) is 0.863. The number of halogens is 1. The summed E-state index contributed by atoms with van der Waals surface area (Å²) in [6.07, 6.45) is 3.77. The Balaban J connectivity index is 2.25. The largest absolute Gasteiger partial charge is 0.336 e. The van der Waals surface area contributed by atoms with Crippen LogP contribution in [0.5, 0.6) is 0 Å². The third kappa shape index (κ3) is 2.37. The predicted octanol–water partition coefficient (Wildman–Crippen LogP) is 2.16. The zero-order valence-corrected chi connectivity index (χ0v) is 8.98. The van der Waals surface area contributed by atoms with Gasteiger partial charge < -0.3 is 10.3 Å². The van der Waals surface area contributed by atoms with Crippen LogP contribution in [0, 0.1) is 0 Å². The Kier molecular flexibility index (Phi) is 3.04. The van der Waals surface area contributed by atoms with Crippen molar-refractivity contribution in [2.24, 2.45) is 5.73 Å². The number of nitrogens with two attached hydrogens (primary N) is 1. The van der Waals surface area contributed by atoms with E-state index in [9.17, 15) is 0 Å². The van der Waals surface area contributed by atoms with E-state index in [1.165, 1.54) is 0 Å². The maximum absolute atomic E-state index is 5.81. The van der Waals surface area contributed by atoms with E-state index >= 15 is 0 Å². The third-order valence-corrected chi connectivity index (χ3v) is 2.41. The normalized spacial score (nSPS) is 10.5. The first kappa shape index (κ1) is 10.2. The molecule has 1 aromatic heterocycles. The Hall–Kier alpha value is -1.32. The SMILES string of the molecule is NCCn1cnc(-c2ccc(Cl)cc2)c1. The minimum atomic E-state index is 0.621. The molecule has 0 amide bonds. The number of aromatic nitrogens is 2. The van der Waals surface area contributed by atoms with Crippen molar-refractivity contribution in [3.63, 3.8) is 0 Å². The van der Waals surface area contributed by atoms with Crippen LogP contribution in [-0.4, -0.2) is 16.1 Å². The van der Waals surface area contributed by atoms with Gasteiger partial charge in [-0.15, -0.1) is 0 Å². The zero-order valence-electron chi connectivity index (χ0n) is 8.23. The Labute approximate surface area is 93.5 Å². The number of nitrogens with zero attached hydrogens (tertiary/aromatic N) is 2. The second kappa shape index (κ2) is 4.47. The summed E-state index contributed by atoms with van der Waals surface area (Å²) in [6.45, 7) is 1.41. The van der Waals surface area contributed by atoms with E-state index in [0.717, 1.165) is 22.8 Å². The zero-order chi connectivity index (χ0) is 10.7. The number of hydrogen-bond donors (Lipinski definition) is 1. The van der Waals surface area contributed by atoms with Gasteiger partial charge in [0.1, 0.15) is 0 Å². The summed E-state index contributed by atoms with van der Waals surface area (Å²) in [5.41, 5.74) is 7.47. The van der Waals surface area contributed by atoms with Crippen molar-refractivity contribution in [1.29, 1.82) is 0 Å². The maximum Gasteiger partial charge on any atom is 0.0954 e. The molecule has 0 aliphatic heterocycles. The molecule has 0 saturated carbocycles. The lowest BCUT2D eigenvalue weighted by Crippen LogP contribution is -2.07. The third-order valence-electron chi connectivity index (χ3n) is 2.16.